The summed E-state index contributed by atoms with van der Waals surface area (Å²) in [6, 6.07) is 0. The van der Waals surface area contributed by atoms with E-state index in [1.54, 1.807) is 0 Å². The molecule has 3 aliphatic rings. The Bertz CT molecular complexity index is 366. The largest absolute Gasteiger partial charge is 0.390 e. The van der Waals surface area contributed by atoms with Crippen molar-refractivity contribution in [3.05, 3.63) is 0 Å². The first-order valence-electron chi connectivity index (χ1n) is 11.4. The van der Waals surface area contributed by atoms with Crippen molar-refractivity contribution in [2.24, 2.45) is 0 Å². The van der Waals surface area contributed by atoms with E-state index in [-0.39, 0.29) is 18.7 Å². The molecule has 1 N–H and O–H groups in total. The van der Waals surface area contributed by atoms with E-state index in [1.165, 1.54) is 12.8 Å². The topological polar surface area (TPSA) is 63.6 Å². The Morgan fingerprint density at radius 1 is 0.750 bits per heavy atom. The summed E-state index contributed by atoms with van der Waals surface area (Å²) >= 11 is 0. The molecular weight excluding hydrogens is 360 g/mol. The summed E-state index contributed by atoms with van der Waals surface area (Å²) in [5.74, 6) is 0. The predicted octanol–water partition coefficient (Wildman–Crippen LogP) is 1.83. The van der Waals surface area contributed by atoms with Crippen LogP contribution in [0.3, 0.4) is 0 Å². The molecule has 2 unspecified atom stereocenters. The maximum absolute atomic E-state index is 10.4. The van der Waals surface area contributed by atoms with Crippen molar-refractivity contribution in [3.8, 4) is 0 Å². The summed E-state index contributed by atoms with van der Waals surface area (Å²) in [5, 5.41) is 10.4. The maximum Gasteiger partial charge on any atom is 0.157 e. The Kier molecular flexibility index (Phi) is 10.5. The van der Waals surface area contributed by atoms with Gasteiger partial charge in [-0.2, -0.15) is 0 Å². The van der Waals surface area contributed by atoms with E-state index in [1.807, 2.05) is 0 Å². The maximum atomic E-state index is 10.4. The van der Waals surface area contributed by atoms with Crippen LogP contribution in [-0.2, 0) is 18.9 Å². The minimum Gasteiger partial charge on any atom is -0.390 e. The van der Waals surface area contributed by atoms with Crippen LogP contribution in [0.5, 0.6) is 0 Å². The Labute approximate surface area is 170 Å². The molecule has 0 aromatic carbocycles. The molecule has 3 fully saturated rings. The van der Waals surface area contributed by atoms with E-state index >= 15 is 0 Å². The average molecular weight is 401 g/mol. The van der Waals surface area contributed by atoms with Crippen LogP contribution in [0.15, 0.2) is 0 Å². The standard InChI is InChI=1S/C21H40N2O5/c24-19-17-22(9-5-15-27-20-7-1-3-13-25-20)11-12-23(18-19)10-6-16-28-21-8-2-4-14-26-21/h19-21,24H,1-18H2. The Morgan fingerprint density at radius 3 is 1.68 bits per heavy atom. The van der Waals surface area contributed by atoms with Gasteiger partial charge in [-0.15, -0.1) is 0 Å². The molecule has 3 saturated heterocycles. The van der Waals surface area contributed by atoms with Crippen LogP contribution in [0.2, 0.25) is 0 Å². The van der Waals surface area contributed by atoms with Gasteiger partial charge in [0.25, 0.3) is 0 Å². The normalized spacial score (nSPS) is 31.0. The van der Waals surface area contributed by atoms with Gasteiger partial charge in [-0.3, -0.25) is 9.80 Å². The first-order valence-corrected chi connectivity index (χ1v) is 11.4. The molecule has 0 aromatic rings. The second-order valence-electron chi connectivity index (χ2n) is 8.30. The number of β-amino-alcohol motifs (C(OH)–C–C–N with tert-alkyl or cyclic N) is 1. The predicted molar refractivity (Wildman–Crippen MR) is 107 cm³/mol. The van der Waals surface area contributed by atoms with E-state index < -0.39 is 0 Å². The highest BCUT2D eigenvalue weighted by molar-refractivity contribution is 4.76. The van der Waals surface area contributed by atoms with Gasteiger partial charge in [-0.25, -0.2) is 0 Å². The summed E-state index contributed by atoms with van der Waals surface area (Å²) in [5.41, 5.74) is 0. The Balaban J connectivity index is 1.24. The zero-order valence-electron chi connectivity index (χ0n) is 17.4. The van der Waals surface area contributed by atoms with Gasteiger partial charge in [0.2, 0.25) is 0 Å². The number of ether oxygens (including phenoxy) is 4. The van der Waals surface area contributed by atoms with Crippen molar-refractivity contribution in [2.45, 2.75) is 70.1 Å². The summed E-state index contributed by atoms with van der Waals surface area (Å²) in [6.45, 7) is 8.59. The lowest BCUT2D eigenvalue weighted by molar-refractivity contribution is -0.163. The monoisotopic (exact) mass is 400 g/mol. The fourth-order valence-corrected chi connectivity index (χ4v) is 4.22. The van der Waals surface area contributed by atoms with E-state index in [0.29, 0.717) is 0 Å². The smallest absolute Gasteiger partial charge is 0.157 e. The highest BCUT2D eigenvalue weighted by Gasteiger charge is 2.21. The van der Waals surface area contributed by atoms with Crippen LogP contribution in [-0.4, -0.2) is 99.3 Å². The Morgan fingerprint density at radius 2 is 1.25 bits per heavy atom. The number of aliphatic hydroxyl groups excluding tert-OH is 1. The van der Waals surface area contributed by atoms with Gasteiger partial charge in [-0.1, -0.05) is 0 Å². The molecule has 0 aromatic heterocycles. The van der Waals surface area contributed by atoms with Crippen molar-refractivity contribution < 1.29 is 24.1 Å². The minimum absolute atomic E-state index is 0.000180. The second-order valence-corrected chi connectivity index (χ2v) is 8.30. The number of rotatable bonds is 10. The molecule has 0 amide bonds. The van der Waals surface area contributed by atoms with Crippen LogP contribution >= 0.6 is 0 Å². The van der Waals surface area contributed by atoms with Crippen molar-refractivity contribution >= 4 is 0 Å². The zero-order chi connectivity index (χ0) is 19.4. The molecule has 3 rings (SSSR count). The molecule has 28 heavy (non-hydrogen) atoms. The third kappa shape index (κ3) is 8.61. The summed E-state index contributed by atoms with van der Waals surface area (Å²) in [6.07, 6.45) is 8.46. The molecule has 7 nitrogen and oxygen atoms in total. The van der Waals surface area contributed by atoms with Crippen LogP contribution in [0.4, 0.5) is 0 Å². The molecule has 7 heteroatoms. The van der Waals surface area contributed by atoms with Crippen LogP contribution in [0.1, 0.15) is 51.4 Å². The molecular formula is C21H40N2O5. The SMILES string of the molecule is OC1CN(CCCOC2CCCCO2)CCN(CCCOC2CCCCO2)C1. The van der Waals surface area contributed by atoms with Crippen LogP contribution in [0.25, 0.3) is 0 Å². The first-order chi connectivity index (χ1) is 13.8. The minimum atomic E-state index is -0.285. The number of nitrogens with zero attached hydrogens (tertiary/aromatic N) is 2. The van der Waals surface area contributed by atoms with Gasteiger partial charge in [-0.05, 0) is 51.4 Å². The zero-order valence-corrected chi connectivity index (χ0v) is 17.4. The van der Waals surface area contributed by atoms with Gasteiger partial charge in [0, 0.05) is 52.5 Å². The lowest BCUT2D eigenvalue weighted by atomic mass is 10.2. The number of aliphatic hydroxyl groups is 1. The molecule has 0 radical (unpaired) electrons. The lowest BCUT2D eigenvalue weighted by Crippen LogP contribution is -2.34. The molecule has 3 heterocycles. The third-order valence-electron chi connectivity index (χ3n) is 5.79. The highest BCUT2D eigenvalue weighted by atomic mass is 16.7. The van der Waals surface area contributed by atoms with Gasteiger partial charge in [0.15, 0.2) is 12.6 Å². The molecule has 3 aliphatic heterocycles. The fourth-order valence-electron chi connectivity index (χ4n) is 4.22. The van der Waals surface area contributed by atoms with Gasteiger partial charge >= 0.3 is 0 Å². The number of hydrogen-bond acceptors (Lipinski definition) is 7. The van der Waals surface area contributed by atoms with Gasteiger partial charge in [0.05, 0.1) is 19.3 Å². The summed E-state index contributed by atoms with van der Waals surface area (Å²) in [7, 11) is 0. The molecule has 0 aliphatic carbocycles. The van der Waals surface area contributed by atoms with E-state index in [4.69, 9.17) is 18.9 Å². The van der Waals surface area contributed by atoms with Gasteiger partial charge in [0.1, 0.15) is 0 Å². The Hall–Kier alpha value is -0.280. The highest BCUT2D eigenvalue weighted by Crippen LogP contribution is 2.15. The van der Waals surface area contributed by atoms with Gasteiger partial charge < -0.3 is 24.1 Å². The van der Waals surface area contributed by atoms with E-state index in [9.17, 15) is 5.11 Å². The lowest BCUT2D eigenvalue weighted by Gasteiger charge is -2.24. The van der Waals surface area contributed by atoms with Crippen molar-refractivity contribution in [1.29, 1.82) is 0 Å². The van der Waals surface area contributed by atoms with E-state index in [0.717, 1.165) is 104 Å². The van der Waals surface area contributed by atoms with Crippen LogP contribution < -0.4 is 0 Å². The first kappa shape index (κ1) is 22.4. The van der Waals surface area contributed by atoms with E-state index in [2.05, 4.69) is 9.80 Å². The third-order valence-corrected chi connectivity index (χ3v) is 5.79. The average Bonchev–Trinajstić information content (AvgIpc) is 2.91. The quantitative estimate of drug-likeness (QED) is 0.561. The summed E-state index contributed by atoms with van der Waals surface area (Å²) < 4.78 is 22.9. The molecule has 0 spiro atoms. The molecule has 0 bridgehead atoms. The molecule has 2 atom stereocenters. The van der Waals surface area contributed by atoms with Crippen molar-refractivity contribution in [3.63, 3.8) is 0 Å². The van der Waals surface area contributed by atoms with Crippen molar-refractivity contribution in [1.82, 2.24) is 9.80 Å². The van der Waals surface area contributed by atoms with Crippen molar-refractivity contribution in [2.75, 3.05) is 65.7 Å². The summed E-state index contributed by atoms with van der Waals surface area (Å²) in [4.78, 5) is 4.73. The molecule has 164 valence electrons. The fraction of sp³-hybridized carbons (Fsp3) is 1.00. The number of hydrogen-bond donors (Lipinski definition) is 1. The molecule has 0 saturated carbocycles. The van der Waals surface area contributed by atoms with Crippen LogP contribution in [0, 0.1) is 0 Å². The second kappa shape index (κ2) is 13.1.